The first-order valence-corrected chi connectivity index (χ1v) is 7.14. The average Bonchev–Trinajstić information content (AvgIpc) is 2.46. The molecule has 0 spiro atoms. The summed E-state index contributed by atoms with van der Waals surface area (Å²) in [5.74, 6) is -0.521. The standard InChI is InChI=1S/C16H21FO3/c1-19-13-6-4-7-14(11-13)20-16(18)10-9-12-5-2-3-8-15(12)17/h2-3,5,8,13-14H,4,6-7,9-11H2,1H3. The van der Waals surface area contributed by atoms with Crippen LogP contribution in [0.15, 0.2) is 24.3 Å². The molecule has 20 heavy (non-hydrogen) atoms. The van der Waals surface area contributed by atoms with Crippen molar-refractivity contribution in [3.05, 3.63) is 35.6 Å². The number of benzene rings is 1. The molecular weight excluding hydrogens is 259 g/mol. The maximum Gasteiger partial charge on any atom is 0.306 e. The van der Waals surface area contributed by atoms with E-state index < -0.39 is 0 Å². The first-order valence-electron chi connectivity index (χ1n) is 7.14. The monoisotopic (exact) mass is 280 g/mol. The van der Waals surface area contributed by atoms with E-state index in [9.17, 15) is 9.18 Å². The van der Waals surface area contributed by atoms with Crippen molar-refractivity contribution in [2.45, 2.75) is 50.7 Å². The van der Waals surface area contributed by atoms with Gasteiger partial charge in [-0.3, -0.25) is 4.79 Å². The molecule has 0 radical (unpaired) electrons. The van der Waals surface area contributed by atoms with Crippen molar-refractivity contribution < 1.29 is 18.7 Å². The lowest BCUT2D eigenvalue weighted by atomic mass is 9.95. The second-order valence-corrected chi connectivity index (χ2v) is 5.23. The van der Waals surface area contributed by atoms with Crippen LogP contribution in [0.3, 0.4) is 0 Å². The first-order chi connectivity index (χ1) is 9.69. The maximum atomic E-state index is 13.4. The van der Waals surface area contributed by atoms with Gasteiger partial charge < -0.3 is 9.47 Å². The van der Waals surface area contributed by atoms with Gasteiger partial charge in [-0.15, -0.1) is 0 Å². The molecular formula is C16H21FO3. The molecule has 1 saturated carbocycles. The van der Waals surface area contributed by atoms with Gasteiger partial charge in [0.1, 0.15) is 11.9 Å². The minimum Gasteiger partial charge on any atom is -0.462 e. The van der Waals surface area contributed by atoms with Crippen LogP contribution in [0.25, 0.3) is 0 Å². The normalized spacial score (nSPS) is 22.5. The van der Waals surface area contributed by atoms with Crippen LogP contribution in [0.5, 0.6) is 0 Å². The van der Waals surface area contributed by atoms with Crippen molar-refractivity contribution in [3.63, 3.8) is 0 Å². The smallest absolute Gasteiger partial charge is 0.306 e. The lowest BCUT2D eigenvalue weighted by Gasteiger charge is -2.27. The molecule has 110 valence electrons. The first kappa shape index (κ1) is 15.0. The number of aryl methyl sites for hydroxylation is 1. The molecule has 0 saturated heterocycles. The minimum absolute atomic E-state index is 0.0539. The SMILES string of the molecule is COC1CCCC(OC(=O)CCc2ccccc2F)C1. The van der Waals surface area contributed by atoms with Crippen LogP contribution in [0.4, 0.5) is 4.39 Å². The zero-order chi connectivity index (χ0) is 14.4. The zero-order valence-electron chi connectivity index (χ0n) is 11.8. The van der Waals surface area contributed by atoms with Gasteiger partial charge in [-0.2, -0.15) is 0 Å². The third kappa shape index (κ3) is 4.30. The van der Waals surface area contributed by atoms with E-state index in [4.69, 9.17) is 9.47 Å². The second kappa shape index (κ2) is 7.39. The highest BCUT2D eigenvalue weighted by Crippen LogP contribution is 2.23. The molecule has 1 aliphatic carbocycles. The third-order valence-electron chi connectivity index (χ3n) is 3.77. The molecule has 0 aliphatic heterocycles. The quantitative estimate of drug-likeness (QED) is 0.777. The van der Waals surface area contributed by atoms with Crippen LogP contribution in [0.2, 0.25) is 0 Å². The van der Waals surface area contributed by atoms with Gasteiger partial charge >= 0.3 is 5.97 Å². The summed E-state index contributed by atoms with van der Waals surface area (Å²) in [6.07, 6.45) is 4.44. The number of hydrogen-bond acceptors (Lipinski definition) is 3. The Morgan fingerprint density at radius 3 is 2.80 bits per heavy atom. The molecule has 0 aromatic heterocycles. The topological polar surface area (TPSA) is 35.5 Å². The summed E-state index contributed by atoms with van der Waals surface area (Å²) < 4.78 is 24.2. The molecule has 0 bridgehead atoms. The van der Waals surface area contributed by atoms with Crippen molar-refractivity contribution >= 4 is 5.97 Å². The molecule has 2 unspecified atom stereocenters. The zero-order valence-corrected chi connectivity index (χ0v) is 11.8. The predicted molar refractivity (Wildman–Crippen MR) is 73.9 cm³/mol. The number of halogens is 1. The van der Waals surface area contributed by atoms with Gasteiger partial charge in [-0.1, -0.05) is 18.2 Å². The Bertz CT molecular complexity index is 447. The molecule has 1 aromatic rings. The van der Waals surface area contributed by atoms with Gasteiger partial charge in [0, 0.05) is 20.0 Å². The van der Waals surface area contributed by atoms with E-state index in [1.54, 1.807) is 25.3 Å². The number of esters is 1. The van der Waals surface area contributed by atoms with Gasteiger partial charge in [-0.05, 0) is 37.3 Å². The maximum absolute atomic E-state index is 13.4. The molecule has 1 aliphatic rings. The third-order valence-corrected chi connectivity index (χ3v) is 3.77. The van der Waals surface area contributed by atoms with Gasteiger partial charge in [0.2, 0.25) is 0 Å². The highest BCUT2D eigenvalue weighted by atomic mass is 19.1. The van der Waals surface area contributed by atoms with Crippen LogP contribution in [-0.2, 0) is 20.7 Å². The van der Waals surface area contributed by atoms with E-state index in [0.29, 0.717) is 12.0 Å². The van der Waals surface area contributed by atoms with E-state index in [1.165, 1.54) is 6.07 Å². The van der Waals surface area contributed by atoms with Crippen molar-refractivity contribution in [2.24, 2.45) is 0 Å². The fourth-order valence-corrected chi connectivity index (χ4v) is 2.61. The lowest BCUT2D eigenvalue weighted by molar-refractivity contribution is -0.152. The molecule has 0 heterocycles. The van der Waals surface area contributed by atoms with Crippen molar-refractivity contribution in [3.8, 4) is 0 Å². The summed E-state index contributed by atoms with van der Waals surface area (Å²) in [6.45, 7) is 0. The Morgan fingerprint density at radius 1 is 1.30 bits per heavy atom. The summed E-state index contributed by atoms with van der Waals surface area (Å²) in [4.78, 5) is 11.8. The van der Waals surface area contributed by atoms with Crippen molar-refractivity contribution in [1.29, 1.82) is 0 Å². The van der Waals surface area contributed by atoms with E-state index in [2.05, 4.69) is 0 Å². The summed E-state index contributed by atoms with van der Waals surface area (Å²) in [6, 6.07) is 6.52. The van der Waals surface area contributed by atoms with Gasteiger partial charge in [0.15, 0.2) is 0 Å². The van der Waals surface area contributed by atoms with E-state index in [1.807, 2.05) is 0 Å². The Balaban J connectivity index is 1.77. The Morgan fingerprint density at radius 2 is 2.05 bits per heavy atom. The summed E-state index contributed by atoms with van der Waals surface area (Å²) in [5.41, 5.74) is 0.558. The van der Waals surface area contributed by atoms with Crippen LogP contribution in [0, 0.1) is 5.82 Å². The van der Waals surface area contributed by atoms with Crippen molar-refractivity contribution in [1.82, 2.24) is 0 Å². The largest absolute Gasteiger partial charge is 0.462 e. The lowest BCUT2D eigenvalue weighted by Crippen LogP contribution is -2.29. The minimum atomic E-state index is -0.266. The molecule has 4 heteroatoms. The summed E-state index contributed by atoms with van der Waals surface area (Å²) in [5, 5.41) is 0. The highest BCUT2D eigenvalue weighted by molar-refractivity contribution is 5.70. The predicted octanol–water partition coefficient (Wildman–Crippen LogP) is 3.26. The molecule has 2 atom stereocenters. The molecule has 0 amide bonds. The number of ether oxygens (including phenoxy) is 2. The number of hydrogen-bond donors (Lipinski definition) is 0. The van der Waals surface area contributed by atoms with Crippen molar-refractivity contribution in [2.75, 3.05) is 7.11 Å². The van der Waals surface area contributed by atoms with Gasteiger partial charge in [0.05, 0.1) is 6.10 Å². The number of carbonyl (C=O) groups is 1. The number of methoxy groups -OCH3 is 1. The van der Waals surface area contributed by atoms with Gasteiger partial charge in [0.25, 0.3) is 0 Å². The van der Waals surface area contributed by atoms with Gasteiger partial charge in [-0.25, -0.2) is 4.39 Å². The second-order valence-electron chi connectivity index (χ2n) is 5.23. The number of carbonyl (C=O) groups excluding carboxylic acids is 1. The van der Waals surface area contributed by atoms with Crippen LogP contribution in [-0.4, -0.2) is 25.3 Å². The number of rotatable bonds is 5. The molecule has 0 N–H and O–H groups in total. The summed E-state index contributed by atoms with van der Waals surface area (Å²) in [7, 11) is 1.69. The fraction of sp³-hybridized carbons (Fsp3) is 0.562. The van der Waals surface area contributed by atoms with E-state index in [0.717, 1.165) is 25.7 Å². The van der Waals surface area contributed by atoms with Crippen LogP contribution in [0.1, 0.15) is 37.7 Å². The molecule has 1 aromatic carbocycles. The van der Waals surface area contributed by atoms with E-state index >= 15 is 0 Å². The fourth-order valence-electron chi connectivity index (χ4n) is 2.61. The van der Waals surface area contributed by atoms with E-state index in [-0.39, 0.29) is 30.4 Å². The van der Waals surface area contributed by atoms with Crippen LogP contribution >= 0.6 is 0 Å². The molecule has 1 fully saturated rings. The summed E-state index contributed by atoms with van der Waals surface area (Å²) >= 11 is 0. The Hall–Kier alpha value is -1.42. The Kier molecular flexibility index (Phi) is 5.53. The Labute approximate surface area is 119 Å². The highest BCUT2D eigenvalue weighted by Gasteiger charge is 2.24. The molecule has 3 nitrogen and oxygen atoms in total. The average molecular weight is 280 g/mol. The van der Waals surface area contributed by atoms with Crippen LogP contribution < -0.4 is 0 Å². The molecule has 2 rings (SSSR count).